The quantitative estimate of drug-likeness (QED) is 0.297. The average Bonchev–Trinajstić information content (AvgIpc) is 2.50. The number of thioether (sulfide) groups is 1. The summed E-state index contributed by atoms with van der Waals surface area (Å²) in [5, 5.41) is 0.698. The van der Waals surface area contributed by atoms with Crippen molar-refractivity contribution in [3.05, 3.63) is 17.9 Å². The Morgan fingerprint density at radius 1 is 1.73 bits per heavy atom. The number of hydrogen-bond donors (Lipinski definition) is 2. The molecule has 0 radical (unpaired) electrons. The molecule has 0 aliphatic rings. The first-order valence-corrected chi connectivity index (χ1v) is 4.15. The zero-order valence-electron chi connectivity index (χ0n) is 5.96. The lowest BCUT2D eigenvalue weighted by atomic mass is 10.4. The monoisotopic (exact) mass is 172 g/mol. The highest BCUT2D eigenvalue weighted by Gasteiger charge is 2.07. The van der Waals surface area contributed by atoms with Gasteiger partial charge in [-0.1, -0.05) is 11.8 Å². The molecule has 5 heteroatoms. The van der Waals surface area contributed by atoms with Gasteiger partial charge in [0.1, 0.15) is 0 Å². The number of rotatable bonds is 2. The Balaban J connectivity index is 2.80. The molecule has 0 saturated heterocycles. The fraction of sp³-hybridized carbons (Fsp3) is 0.167. The Morgan fingerprint density at radius 3 is 2.91 bits per heavy atom. The van der Waals surface area contributed by atoms with E-state index in [1.165, 1.54) is 11.8 Å². The van der Waals surface area contributed by atoms with Crippen LogP contribution in [0.4, 0.5) is 0 Å². The van der Waals surface area contributed by atoms with Gasteiger partial charge in [0.05, 0.1) is 0 Å². The molecule has 0 unspecified atom stereocenters. The van der Waals surface area contributed by atoms with Gasteiger partial charge in [0.2, 0.25) is 0 Å². The van der Waals surface area contributed by atoms with Crippen LogP contribution in [0, 0.1) is 0 Å². The van der Waals surface area contributed by atoms with Crippen LogP contribution >= 0.6 is 11.8 Å². The van der Waals surface area contributed by atoms with Gasteiger partial charge in [0.25, 0.3) is 0 Å². The molecular weight excluding hydrogens is 164 g/mol. The Morgan fingerprint density at radius 2 is 2.45 bits per heavy atom. The Hall–Kier alpha value is -0.940. The minimum atomic E-state index is -0.412. The van der Waals surface area contributed by atoms with Gasteiger partial charge in [-0.3, -0.25) is 10.2 Å². The van der Waals surface area contributed by atoms with Crippen LogP contribution in [0.5, 0.6) is 0 Å². The Kier molecular flexibility index (Phi) is 2.56. The van der Waals surface area contributed by atoms with Crippen LogP contribution < -0.4 is 11.3 Å². The fourth-order valence-electron chi connectivity index (χ4n) is 0.623. The van der Waals surface area contributed by atoms with Crippen molar-refractivity contribution in [2.45, 2.75) is 5.09 Å². The summed E-state index contributed by atoms with van der Waals surface area (Å²) in [7, 11) is 0. The molecule has 3 N–H and O–H groups in total. The van der Waals surface area contributed by atoms with Crippen molar-refractivity contribution < 1.29 is 9.21 Å². The molecule has 60 valence electrons. The second-order valence-electron chi connectivity index (χ2n) is 1.80. The normalized spacial score (nSPS) is 9.64. The molecule has 1 aromatic heterocycles. The van der Waals surface area contributed by atoms with Crippen LogP contribution in [-0.4, -0.2) is 12.2 Å². The first kappa shape index (κ1) is 8.16. The molecule has 0 bridgehead atoms. The van der Waals surface area contributed by atoms with Crippen molar-refractivity contribution in [3.8, 4) is 0 Å². The number of nitrogens with one attached hydrogen (secondary N) is 1. The van der Waals surface area contributed by atoms with Crippen molar-refractivity contribution in [3.63, 3.8) is 0 Å². The number of amides is 1. The van der Waals surface area contributed by atoms with Crippen molar-refractivity contribution in [2.75, 3.05) is 6.26 Å². The molecule has 1 rings (SSSR count). The third-order valence-electron chi connectivity index (χ3n) is 1.14. The zero-order chi connectivity index (χ0) is 8.27. The van der Waals surface area contributed by atoms with Crippen molar-refractivity contribution in [2.24, 2.45) is 5.84 Å². The van der Waals surface area contributed by atoms with E-state index in [0.29, 0.717) is 5.09 Å². The lowest BCUT2D eigenvalue weighted by Gasteiger charge is -1.92. The van der Waals surface area contributed by atoms with Crippen molar-refractivity contribution in [1.29, 1.82) is 0 Å². The molecule has 11 heavy (non-hydrogen) atoms. The van der Waals surface area contributed by atoms with Gasteiger partial charge < -0.3 is 4.42 Å². The van der Waals surface area contributed by atoms with Gasteiger partial charge in [0.15, 0.2) is 10.9 Å². The van der Waals surface area contributed by atoms with Gasteiger partial charge in [-0.05, 0) is 18.4 Å². The van der Waals surface area contributed by atoms with Crippen LogP contribution in [0.1, 0.15) is 10.6 Å². The molecule has 0 atom stereocenters. The largest absolute Gasteiger partial charge is 0.445 e. The first-order chi connectivity index (χ1) is 5.27. The summed E-state index contributed by atoms with van der Waals surface area (Å²) in [6.07, 6.45) is 1.86. The van der Waals surface area contributed by atoms with Gasteiger partial charge in [0, 0.05) is 0 Å². The SMILES string of the molecule is CSc1ccc(C(=O)NN)o1. The minimum Gasteiger partial charge on any atom is -0.445 e. The predicted octanol–water partition coefficient (Wildman–Crippen LogP) is 0.605. The highest BCUT2D eigenvalue weighted by molar-refractivity contribution is 7.98. The van der Waals surface area contributed by atoms with Gasteiger partial charge in [-0.15, -0.1) is 0 Å². The summed E-state index contributed by atoms with van der Waals surface area (Å²) >= 11 is 1.43. The van der Waals surface area contributed by atoms with E-state index < -0.39 is 5.91 Å². The molecule has 0 aliphatic carbocycles. The number of hydrogen-bond acceptors (Lipinski definition) is 4. The fourth-order valence-corrected chi connectivity index (χ4v) is 1.00. The predicted molar refractivity (Wildman–Crippen MR) is 42.1 cm³/mol. The molecule has 4 nitrogen and oxygen atoms in total. The van der Waals surface area contributed by atoms with Crippen LogP contribution in [-0.2, 0) is 0 Å². The van der Waals surface area contributed by atoms with E-state index in [1.54, 1.807) is 12.1 Å². The van der Waals surface area contributed by atoms with Crippen molar-refractivity contribution >= 4 is 17.7 Å². The summed E-state index contributed by atoms with van der Waals surface area (Å²) in [5.74, 6) is 4.71. The maximum absolute atomic E-state index is 10.8. The molecular formula is C6H8N2O2S. The number of furan rings is 1. The number of carbonyl (C=O) groups is 1. The van der Waals surface area contributed by atoms with Crippen LogP contribution in [0.2, 0.25) is 0 Å². The summed E-state index contributed by atoms with van der Waals surface area (Å²) < 4.78 is 5.06. The van der Waals surface area contributed by atoms with Crippen LogP contribution in [0.15, 0.2) is 21.6 Å². The Labute approximate surface area is 68.1 Å². The molecule has 0 spiro atoms. The van der Waals surface area contributed by atoms with E-state index >= 15 is 0 Å². The van der Waals surface area contributed by atoms with E-state index in [2.05, 4.69) is 0 Å². The van der Waals surface area contributed by atoms with Gasteiger partial charge in [-0.25, -0.2) is 5.84 Å². The molecule has 1 aromatic rings. The maximum atomic E-state index is 10.8. The summed E-state index contributed by atoms with van der Waals surface area (Å²) in [6, 6.07) is 3.29. The third-order valence-corrected chi connectivity index (χ3v) is 1.76. The standard InChI is InChI=1S/C6H8N2O2S/c1-11-5-3-2-4(10-5)6(9)8-7/h2-3H,7H2,1H3,(H,8,9). The van der Waals surface area contributed by atoms with Crippen LogP contribution in [0.3, 0.4) is 0 Å². The van der Waals surface area contributed by atoms with E-state index in [4.69, 9.17) is 10.3 Å². The highest BCUT2D eigenvalue weighted by Crippen LogP contribution is 2.17. The van der Waals surface area contributed by atoms with E-state index in [-0.39, 0.29) is 5.76 Å². The van der Waals surface area contributed by atoms with Crippen LogP contribution in [0.25, 0.3) is 0 Å². The lowest BCUT2D eigenvalue weighted by molar-refractivity contribution is 0.0921. The molecule has 0 aromatic carbocycles. The highest BCUT2D eigenvalue weighted by atomic mass is 32.2. The topological polar surface area (TPSA) is 68.3 Å². The number of hydrazine groups is 1. The number of nitrogen functional groups attached to an aromatic ring is 1. The zero-order valence-corrected chi connectivity index (χ0v) is 6.77. The van der Waals surface area contributed by atoms with E-state index in [0.717, 1.165) is 0 Å². The third kappa shape index (κ3) is 1.75. The second kappa shape index (κ2) is 3.45. The van der Waals surface area contributed by atoms with Gasteiger partial charge in [-0.2, -0.15) is 0 Å². The summed E-state index contributed by atoms with van der Waals surface area (Å²) in [5.41, 5.74) is 1.98. The summed E-state index contributed by atoms with van der Waals surface area (Å²) in [4.78, 5) is 10.8. The molecule has 0 aliphatic heterocycles. The maximum Gasteiger partial charge on any atom is 0.300 e. The first-order valence-electron chi connectivity index (χ1n) is 2.92. The van der Waals surface area contributed by atoms with E-state index in [1.807, 2.05) is 11.7 Å². The Bertz CT molecular complexity index is 259. The lowest BCUT2D eigenvalue weighted by Crippen LogP contribution is -2.29. The minimum absolute atomic E-state index is 0.233. The smallest absolute Gasteiger partial charge is 0.300 e. The molecule has 0 fully saturated rings. The van der Waals surface area contributed by atoms with E-state index in [9.17, 15) is 4.79 Å². The molecule has 1 amide bonds. The number of nitrogens with two attached hydrogens (primary N) is 1. The summed E-state index contributed by atoms with van der Waals surface area (Å²) in [6.45, 7) is 0. The average molecular weight is 172 g/mol. The number of carbonyl (C=O) groups excluding carboxylic acids is 1. The van der Waals surface area contributed by atoms with Gasteiger partial charge >= 0.3 is 5.91 Å². The second-order valence-corrected chi connectivity index (χ2v) is 2.61. The van der Waals surface area contributed by atoms with Crippen molar-refractivity contribution in [1.82, 2.24) is 5.43 Å². The molecule has 1 heterocycles. The molecule has 0 saturated carbocycles.